The second-order valence-corrected chi connectivity index (χ2v) is 2.22. The Labute approximate surface area is 68.8 Å². The zero-order valence-corrected chi connectivity index (χ0v) is 7.74. The fourth-order valence-electron chi connectivity index (χ4n) is 0.743. The number of H-pyrrole nitrogens is 1. The van der Waals surface area contributed by atoms with Gasteiger partial charge >= 0.3 is 0 Å². The van der Waals surface area contributed by atoms with Gasteiger partial charge in [-0.3, -0.25) is 0 Å². The van der Waals surface area contributed by atoms with E-state index in [0.717, 1.165) is 5.69 Å². The number of aromatic nitrogens is 2. The average molecular weight is 175 g/mol. The van der Waals surface area contributed by atoms with Crippen LogP contribution in [0.4, 0.5) is 0 Å². The van der Waals surface area contributed by atoms with Gasteiger partial charge in [0, 0.05) is 24.4 Å². The zero-order chi connectivity index (χ0) is 7.40. The molecule has 0 aliphatic heterocycles. The van der Waals surface area contributed by atoms with Gasteiger partial charge in [-0.05, 0) is 0 Å². The van der Waals surface area contributed by atoms with Crippen LogP contribution >= 0.6 is 9.90 Å². The minimum absolute atomic E-state index is 0. The molecule has 2 unspecified atom stereocenters. The number of hydrogen-bond acceptors (Lipinski definition) is 3. The van der Waals surface area contributed by atoms with E-state index in [1.807, 2.05) is 0 Å². The molecule has 4 N–H and O–H groups in total. The fourth-order valence-corrected chi connectivity index (χ4v) is 0.743. The maximum atomic E-state index is 8.57. The molecule has 0 bridgehead atoms. The van der Waals surface area contributed by atoms with Gasteiger partial charge in [0.1, 0.15) is 0 Å². The molecule has 4 nitrogen and oxygen atoms in total. The van der Waals surface area contributed by atoms with Gasteiger partial charge < -0.3 is 15.8 Å². The summed E-state index contributed by atoms with van der Waals surface area (Å²) >= 11 is 0. The molecule has 0 aliphatic carbocycles. The number of imidazole rings is 1. The summed E-state index contributed by atoms with van der Waals surface area (Å²) in [5, 5.41) is 8.57. The first kappa shape index (κ1) is 10.6. The van der Waals surface area contributed by atoms with E-state index >= 15 is 0 Å². The molecular formula is C6H14N3OP. The van der Waals surface area contributed by atoms with E-state index < -0.39 is 0 Å². The van der Waals surface area contributed by atoms with Crippen molar-refractivity contribution < 1.29 is 5.11 Å². The minimum atomic E-state index is -0.180. The van der Waals surface area contributed by atoms with Crippen molar-refractivity contribution in [3.05, 3.63) is 18.2 Å². The van der Waals surface area contributed by atoms with E-state index in [4.69, 9.17) is 10.8 Å². The van der Waals surface area contributed by atoms with Gasteiger partial charge in [0.2, 0.25) is 0 Å². The predicted octanol–water partition coefficient (Wildman–Crippen LogP) is -0.670. The Bertz CT molecular complexity index is 178. The van der Waals surface area contributed by atoms with Crippen molar-refractivity contribution in [3.63, 3.8) is 0 Å². The van der Waals surface area contributed by atoms with Crippen LogP contribution in [-0.2, 0) is 6.42 Å². The van der Waals surface area contributed by atoms with Gasteiger partial charge in [0.15, 0.2) is 0 Å². The van der Waals surface area contributed by atoms with Crippen molar-refractivity contribution in [2.45, 2.75) is 12.5 Å². The van der Waals surface area contributed by atoms with Crippen LogP contribution in [0.3, 0.4) is 0 Å². The van der Waals surface area contributed by atoms with Crippen LogP contribution < -0.4 is 5.73 Å². The highest BCUT2D eigenvalue weighted by Gasteiger charge is 2.01. The van der Waals surface area contributed by atoms with Gasteiger partial charge in [-0.2, -0.15) is 9.90 Å². The van der Waals surface area contributed by atoms with Crippen molar-refractivity contribution in [2.24, 2.45) is 5.73 Å². The molecule has 0 spiro atoms. The number of nitrogens with zero attached hydrogens (tertiary/aromatic N) is 1. The largest absolute Gasteiger partial charge is 0.395 e. The highest BCUT2D eigenvalue weighted by Crippen LogP contribution is 1.94. The van der Waals surface area contributed by atoms with Gasteiger partial charge in [-0.15, -0.1) is 0 Å². The van der Waals surface area contributed by atoms with Crippen LogP contribution in [0.5, 0.6) is 0 Å². The lowest BCUT2D eigenvalue weighted by molar-refractivity contribution is 0.264. The third-order valence-corrected chi connectivity index (χ3v) is 1.27. The summed E-state index contributed by atoms with van der Waals surface area (Å²) in [5.41, 5.74) is 6.43. The van der Waals surface area contributed by atoms with Crippen molar-refractivity contribution in [1.82, 2.24) is 9.97 Å². The van der Waals surface area contributed by atoms with E-state index in [9.17, 15) is 0 Å². The third kappa shape index (κ3) is 3.46. The van der Waals surface area contributed by atoms with Crippen molar-refractivity contribution >= 4 is 9.90 Å². The molecule has 64 valence electrons. The molecule has 0 saturated carbocycles. The molecule has 1 aromatic heterocycles. The monoisotopic (exact) mass is 175 g/mol. The standard InChI is InChI=1S/C6H11N3O.H3P/c7-5(3-10)1-6-2-8-4-9-6;/h2,4-5,10H,1,3,7H2,(H,8,9);1H3. The lowest BCUT2D eigenvalue weighted by atomic mass is 10.2. The summed E-state index contributed by atoms with van der Waals surface area (Å²) in [5.74, 6) is 0. The predicted molar refractivity (Wildman–Crippen MR) is 48.5 cm³/mol. The van der Waals surface area contributed by atoms with Gasteiger partial charge in [0.25, 0.3) is 0 Å². The number of aliphatic hydroxyl groups is 1. The Morgan fingerprint density at radius 3 is 2.91 bits per heavy atom. The van der Waals surface area contributed by atoms with Crippen LogP contribution in [0.1, 0.15) is 5.69 Å². The van der Waals surface area contributed by atoms with E-state index in [1.54, 1.807) is 12.5 Å². The first-order valence-corrected chi connectivity index (χ1v) is 3.16. The zero-order valence-electron chi connectivity index (χ0n) is 6.33. The molecule has 0 aromatic carbocycles. The minimum Gasteiger partial charge on any atom is -0.395 e. The Hall–Kier alpha value is -0.440. The molecule has 0 fully saturated rings. The van der Waals surface area contributed by atoms with E-state index in [2.05, 4.69) is 9.97 Å². The SMILES string of the molecule is NC(CO)Cc1cnc[nH]1.P. The molecule has 1 heterocycles. The molecule has 0 saturated heterocycles. The topological polar surface area (TPSA) is 74.9 Å². The number of nitrogens with two attached hydrogens (primary N) is 1. The summed E-state index contributed by atoms with van der Waals surface area (Å²) in [6.45, 7) is 0.0129. The Morgan fingerprint density at radius 2 is 2.45 bits per heavy atom. The summed E-state index contributed by atoms with van der Waals surface area (Å²) in [6.07, 6.45) is 3.95. The van der Waals surface area contributed by atoms with Gasteiger partial charge in [-0.25, -0.2) is 4.98 Å². The second kappa shape index (κ2) is 5.24. The summed E-state index contributed by atoms with van der Waals surface area (Å²) in [4.78, 5) is 6.72. The Morgan fingerprint density at radius 1 is 1.73 bits per heavy atom. The number of hydrogen-bond donors (Lipinski definition) is 3. The van der Waals surface area contributed by atoms with Crippen molar-refractivity contribution in [3.8, 4) is 0 Å². The number of nitrogens with one attached hydrogen (secondary N) is 1. The maximum Gasteiger partial charge on any atom is 0.0921 e. The molecule has 0 aliphatic rings. The van der Waals surface area contributed by atoms with Gasteiger partial charge in [-0.1, -0.05) is 0 Å². The lowest BCUT2D eigenvalue weighted by Crippen LogP contribution is -2.26. The maximum absolute atomic E-state index is 8.57. The highest BCUT2D eigenvalue weighted by atomic mass is 31.0. The number of rotatable bonds is 3. The third-order valence-electron chi connectivity index (χ3n) is 1.27. The molecule has 5 heteroatoms. The first-order valence-electron chi connectivity index (χ1n) is 3.16. The molecule has 1 rings (SSSR count). The van der Waals surface area contributed by atoms with Crippen LogP contribution in [0, 0.1) is 0 Å². The van der Waals surface area contributed by atoms with E-state index in [1.165, 1.54) is 0 Å². The molecular weight excluding hydrogens is 161 g/mol. The van der Waals surface area contributed by atoms with Crippen LogP contribution in [0.2, 0.25) is 0 Å². The van der Waals surface area contributed by atoms with Gasteiger partial charge in [0.05, 0.1) is 12.9 Å². The van der Waals surface area contributed by atoms with Crippen molar-refractivity contribution in [2.75, 3.05) is 6.61 Å². The normalized spacial score (nSPS) is 12.2. The Balaban J connectivity index is 0.000001000. The summed E-state index contributed by atoms with van der Waals surface area (Å²) in [6, 6.07) is -0.180. The highest BCUT2D eigenvalue weighted by molar-refractivity contribution is 6.92. The Kier molecular flexibility index (Phi) is 5.03. The van der Waals surface area contributed by atoms with Crippen LogP contribution in [0.15, 0.2) is 12.5 Å². The quantitative estimate of drug-likeness (QED) is 0.533. The van der Waals surface area contributed by atoms with E-state index in [-0.39, 0.29) is 22.5 Å². The second-order valence-electron chi connectivity index (χ2n) is 2.22. The molecule has 1 aromatic rings. The van der Waals surface area contributed by atoms with Crippen molar-refractivity contribution in [1.29, 1.82) is 0 Å². The fraction of sp³-hybridized carbons (Fsp3) is 0.500. The smallest absolute Gasteiger partial charge is 0.0921 e. The molecule has 2 atom stereocenters. The lowest BCUT2D eigenvalue weighted by Gasteiger charge is -2.03. The number of aromatic amines is 1. The first-order chi connectivity index (χ1) is 4.83. The molecule has 0 amide bonds. The van der Waals surface area contributed by atoms with Crippen LogP contribution in [0.25, 0.3) is 0 Å². The number of aliphatic hydroxyl groups excluding tert-OH is 1. The molecule has 0 radical (unpaired) electrons. The summed E-state index contributed by atoms with van der Waals surface area (Å²) < 4.78 is 0. The average Bonchev–Trinajstić information content (AvgIpc) is 2.40. The van der Waals surface area contributed by atoms with Crippen LogP contribution in [-0.4, -0.2) is 27.7 Å². The summed E-state index contributed by atoms with van der Waals surface area (Å²) in [7, 11) is 0. The van der Waals surface area contributed by atoms with E-state index in [0.29, 0.717) is 6.42 Å². The molecule has 11 heavy (non-hydrogen) atoms.